The minimum absolute atomic E-state index is 0.0539. The van der Waals surface area contributed by atoms with Gasteiger partial charge in [0.05, 0.1) is 13.2 Å². The van der Waals surface area contributed by atoms with Crippen LogP contribution in [0.15, 0.2) is 48.8 Å². The first-order valence-corrected chi connectivity index (χ1v) is 8.18. The molecule has 0 unspecified atom stereocenters. The van der Waals surface area contributed by atoms with Gasteiger partial charge < -0.3 is 15.4 Å². The molecule has 0 radical (unpaired) electrons. The van der Waals surface area contributed by atoms with E-state index >= 15 is 0 Å². The second kappa shape index (κ2) is 8.91. The van der Waals surface area contributed by atoms with Crippen LogP contribution in [0.1, 0.15) is 37.4 Å². The number of benzene rings is 1. The van der Waals surface area contributed by atoms with Gasteiger partial charge in [0.25, 0.3) is 0 Å². The van der Waals surface area contributed by atoms with E-state index in [0.29, 0.717) is 0 Å². The van der Waals surface area contributed by atoms with Gasteiger partial charge in [-0.15, -0.1) is 0 Å². The fraction of sp³-hybridized carbons (Fsp3) is 0.368. The van der Waals surface area contributed by atoms with E-state index in [-0.39, 0.29) is 18.1 Å². The quantitative estimate of drug-likeness (QED) is 0.818. The highest BCUT2D eigenvalue weighted by Gasteiger charge is 2.11. The van der Waals surface area contributed by atoms with Gasteiger partial charge in [-0.3, -0.25) is 4.98 Å². The molecule has 5 nitrogen and oxygen atoms in total. The molecule has 1 heterocycles. The average molecular weight is 327 g/mol. The summed E-state index contributed by atoms with van der Waals surface area (Å²) in [4.78, 5) is 16.1. The number of hydrogen-bond donors (Lipinski definition) is 2. The standard InChI is InChI=1S/C19H25N3O2/c1-14(4-5-16-6-8-18(24-3)9-7-16)21-19(23)22-15(2)17-10-12-20-13-11-17/h6-15H,4-5H2,1-3H3,(H2,21,22,23)/t14-,15+/m1/s1. The first kappa shape index (κ1) is 17.8. The molecule has 0 spiro atoms. The Morgan fingerprint density at radius 2 is 1.75 bits per heavy atom. The van der Waals surface area contributed by atoms with Crippen LogP contribution < -0.4 is 15.4 Å². The van der Waals surface area contributed by atoms with E-state index in [1.54, 1.807) is 19.5 Å². The highest BCUT2D eigenvalue weighted by molar-refractivity contribution is 5.74. The highest BCUT2D eigenvalue weighted by Crippen LogP contribution is 2.13. The Balaban J connectivity index is 1.74. The highest BCUT2D eigenvalue weighted by atomic mass is 16.5. The Kier molecular flexibility index (Phi) is 6.61. The average Bonchev–Trinajstić information content (AvgIpc) is 2.61. The predicted octanol–water partition coefficient (Wildman–Crippen LogP) is 3.47. The molecule has 0 saturated carbocycles. The largest absolute Gasteiger partial charge is 0.497 e. The van der Waals surface area contributed by atoms with Crippen LogP contribution in [0.2, 0.25) is 0 Å². The van der Waals surface area contributed by atoms with E-state index < -0.39 is 0 Å². The summed E-state index contributed by atoms with van der Waals surface area (Å²) in [5.41, 5.74) is 2.26. The zero-order valence-corrected chi connectivity index (χ0v) is 14.5. The number of ether oxygens (including phenoxy) is 1. The first-order chi connectivity index (χ1) is 11.6. The van der Waals surface area contributed by atoms with Crippen molar-refractivity contribution >= 4 is 6.03 Å². The van der Waals surface area contributed by atoms with Gasteiger partial charge in [-0.1, -0.05) is 12.1 Å². The Bertz CT molecular complexity index is 629. The lowest BCUT2D eigenvalue weighted by atomic mass is 10.1. The normalized spacial score (nSPS) is 13.0. The molecule has 0 saturated heterocycles. The molecule has 2 N–H and O–H groups in total. The van der Waals surface area contributed by atoms with Crippen LogP contribution >= 0.6 is 0 Å². The summed E-state index contributed by atoms with van der Waals surface area (Å²) >= 11 is 0. The number of pyridine rings is 1. The third-order valence-corrected chi connectivity index (χ3v) is 3.96. The predicted molar refractivity (Wildman–Crippen MR) is 95.1 cm³/mol. The first-order valence-electron chi connectivity index (χ1n) is 8.18. The molecule has 2 aromatic rings. The van der Waals surface area contributed by atoms with Crippen LogP contribution in [0.4, 0.5) is 4.79 Å². The van der Waals surface area contributed by atoms with Crippen LogP contribution in [0.25, 0.3) is 0 Å². The molecule has 1 aromatic carbocycles. The Morgan fingerprint density at radius 1 is 1.08 bits per heavy atom. The lowest BCUT2D eigenvalue weighted by molar-refractivity contribution is 0.234. The number of carbonyl (C=O) groups is 1. The number of methoxy groups -OCH3 is 1. The van der Waals surface area contributed by atoms with Gasteiger partial charge in [-0.05, 0) is 62.1 Å². The fourth-order valence-corrected chi connectivity index (χ4v) is 2.45. The monoisotopic (exact) mass is 327 g/mol. The van der Waals surface area contributed by atoms with Crippen molar-refractivity contribution in [3.05, 3.63) is 59.9 Å². The number of rotatable bonds is 7. The fourth-order valence-electron chi connectivity index (χ4n) is 2.45. The minimum Gasteiger partial charge on any atom is -0.497 e. The summed E-state index contributed by atoms with van der Waals surface area (Å²) < 4.78 is 5.15. The maximum Gasteiger partial charge on any atom is 0.315 e. The van der Waals surface area contributed by atoms with Crippen molar-refractivity contribution in [1.29, 1.82) is 0 Å². The summed E-state index contributed by atoms with van der Waals surface area (Å²) in [5, 5.41) is 5.93. The molecule has 0 aliphatic rings. The van der Waals surface area contributed by atoms with Crippen molar-refractivity contribution in [2.24, 2.45) is 0 Å². The molecule has 128 valence electrons. The number of carbonyl (C=O) groups excluding carboxylic acids is 1. The molecule has 2 rings (SSSR count). The number of hydrogen-bond acceptors (Lipinski definition) is 3. The minimum atomic E-state index is -0.151. The number of urea groups is 1. The second-order valence-electron chi connectivity index (χ2n) is 5.91. The Labute approximate surface area is 143 Å². The Hall–Kier alpha value is -2.56. The number of nitrogens with one attached hydrogen (secondary N) is 2. The second-order valence-corrected chi connectivity index (χ2v) is 5.91. The van der Waals surface area contributed by atoms with Crippen molar-refractivity contribution < 1.29 is 9.53 Å². The molecule has 1 aromatic heterocycles. The van der Waals surface area contributed by atoms with E-state index in [4.69, 9.17) is 4.74 Å². The smallest absolute Gasteiger partial charge is 0.315 e. The van der Waals surface area contributed by atoms with Crippen molar-refractivity contribution in [2.45, 2.75) is 38.8 Å². The van der Waals surface area contributed by atoms with Crippen LogP contribution in [-0.2, 0) is 6.42 Å². The number of amides is 2. The summed E-state index contributed by atoms with van der Waals surface area (Å²) in [6.45, 7) is 3.97. The number of aryl methyl sites for hydroxylation is 1. The molecular formula is C19H25N3O2. The third-order valence-electron chi connectivity index (χ3n) is 3.96. The zero-order valence-electron chi connectivity index (χ0n) is 14.5. The third kappa shape index (κ3) is 5.57. The van der Waals surface area contributed by atoms with Gasteiger partial charge in [0.1, 0.15) is 5.75 Å². The lowest BCUT2D eigenvalue weighted by Crippen LogP contribution is -2.41. The molecule has 0 aliphatic heterocycles. The van der Waals surface area contributed by atoms with Crippen molar-refractivity contribution in [3.8, 4) is 5.75 Å². The summed E-state index contributed by atoms with van der Waals surface area (Å²) in [5.74, 6) is 0.856. The van der Waals surface area contributed by atoms with Crippen molar-refractivity contribution in [3.63, 3.8) is 0 Å². The van der Waals surface area contributed by atoms with E-state index in [0.717, 1.165) is 24.2 Å². The SMILES string of the molecule is COc1ccc(CC[C@@H](C)NC(=O)N[C@@H](C)c2ccncc2)cc1. The van der Waals surface area contributed by atoms with Gasteiger partial charge in [0.2, 0.25) is 0 Å². The van der Waals surface area contributed by atoms with E-state index in [2.05, 4.69) is 27.8 Å². The van der Waals surface area contributed by atoms with E-state index in [1.165, 1.54) is 5.56 Å². The van der Waals surface area contributed by atoms with Gasteiger partial charge >= 0.3 is 6.03 Å². The summed E-state index contributed by atoms with van der Waals surface area (Å²) in [6.07, 6.45) is 5.24. The molecule has 0 aliphatic carbocycles. The van der Waals surface area contributed by atoms with Crippen LogP contribution in [0.3, 0.4) is 0 Å². The summed E-state index contributed by atoms with van der Waals surface area (Å²) in [6, 6.07) is 11.7. The van der Waals surface area contributed by atoms with Crippen molar-refractivity contribution in [1.82, 2.24) is 15.6 Å². The van der Waals surface area contributed by atoms with E-state index in [1.807, 2.05) is 38.1 Å². The topological polar surface area (TPSA) is 63.2 Å². The lowest BCUT2D eigenvalue weighted by Gasteiger charge is -2.18. The molecule has 24 heavy (non-hydrogen) atoms. The molecule has 0 fully saturated rings. The van der Waals surface area contributed by atoms with Crippen LogP contribution in [0.5, 0.6) is 5.75 Å². The van der Waals surface area contributed by atoms with Gasteiger partial charge in [-0.2, -0.15) is 0 Å². The molecule has 5 heteroatoms. The molecular weight excluding hydrogens is 302 g/mol. The summed E-state index contributed by atoms with van der Waals surface area (Å²) in [7, 11) is 1.66. The maximum absolute atomic E-state index is 12.1. The zero-order chi connectivity index (χ0) is 17.4. The van der Waals surface area contributed by atoms with E-state index in [9.17, 15) is 4.79 Å². The molecule has 2 amide bonds. The number of aromatic nitrogens is 1. The number of nitrogens with zero attached hydrogens (tertiary/aromatic N) is 1. The molecule has 2 atom stereocenters. The van der Waals surface area contributed by atoms with Gasteiger partial charge in [0.15, 0.2) is 0 Å². The molecule has 0 bridgehead atoms. The van der Waals surface area contributed by atoms with Crippen LogP contribution in [-0.4, -0.2) is 24.2 Å². The van der Waals surface area contributed by atoms with Gasteiger partial charge in [-0.25, -0.2) is 4.79 Å². The van der Waals surface area contributed by atoms with Crippen molar-refractivity contribution in [2.75, 3.05) is 7.11 Å². The van der Waals surface area contributed by atoms with Crippen LogP contribution in [0, 0.1) is 0 Å². The Morgan fingerprint density at radius 3 is 2.38 bits per heavy atom. The van der Waals surface area contributed by atoms with Gasteiger partial charge in [0, 0.05) is 18.4 Å². The maximum atomic E-state index is 12.1.